The fourth-order valence-electron chi connectivity index (χ4n) is 2.90. The summed E-state index contributed by atoms with van der Waals surface area (Å²) in [7, 11) is -3.27. The fraction of sp³-hybridized carbons (Fsp3) is 0.533. The Morgan fingerprint density at radius 3 is 2.24 bits per heavy atom. The van der Waals surface area contributed by atoms with E-state index in [1.165, 1.54) is 0 Å². The van der Waals surface area contributed by atoms with Crippen molar-refractivity contribution in [2.45, 2.75) is 26.0 Å². The third-order valence-electron chi connectivity index (χ3n) is 3.82. The first-order valence-corrected chi connectivity index (χ1v) is 9.16. The summed E-state index contributed by atoms with van der Waals surface area (Å²) < 4.78 is 26.7. The molecule has 1 aromatic rings. The molecule has 0 aromatic heterocycles. The molecule has 1 aliphatic heterocycles. The lowest BCUT2D eigenvalue weighted by Crippen LogP contribution is -2.43. The number of piperidine rings is 1. The van der Waals surface area contributed by atoms with Gasteiger partial charge in [0.05, 0.1) is 5.75 Å². The van der Waals surface area contributed by atoms with Crippen molar-refractivity contribution < 1.29 is 8.42 Å². The van der Waals surface area contributed by atoms with Crippen molar-refractivity contribution >= 4 is 27.2 Å². The van der Waals surface area contributed by atoms with Crippen LogP contribution in [0.2, 0.25) is 0 Å². The number of nitrogens with two attached hydrogens (primary N) is 1. The van der Waals surface area contributed by atoms with Crippen LogP contribution in [-0.4, -0.2) is 30.8 Å². The van der Waals surface area contributed by atoms with Crippen LogP contribution in [0.1, 0.15) is 31.4 Å². The van der Waals surface area contributed by atoms with E-state index in [9.17, 15) is 8.42 Å². The summed E-state index contributed by atoms with van der Waals surface area (Å²) in [6.45, 7) is 5.46. The van der Waals surface area contributed by atoms with E-state index < -0.39 is 10.0 Å². The van der Waals surface area contributed by atoms with Crippen LogP contribution in [0.25, 0.3) is 0 Å². The molecule has 4 nitrogen and oxygen atoms in total. The molecule has 1 aromatic carbocycles. The van der Waals surface area contributed by atoms with Crippen LogP contribution in [0.5, 0.6) is 0 Å². The van der Waals surface area contributed by atoms with Gasteiger partial charge in [-0.2, -0.15) is 0 Å². The van der Waals surface area contributed by atoms with Gasteiger partial charge >= 0.3 is 0 Å². The van der Waals surface area contributed by atoms with Crippen LogP contribution in [0, 0.1) is 11.8 Å². The molecule has 1 aliphatic rings. The SMILES string of the molecule is CC1CC(C)CN(S(=O)(=O)Cc2ccc(C(N)=S)cc2)C1. The Morgan fingerprint density at radius 2 is 1.76 bits per heavy atom. The molecule has 0 saturated carbocycles. The van der Waals surface area contributed by atoms with Gasteiger partial charge in [0.25, 0.3) is 0 Å². The molecule has 0 aliphatic carbocycles. The van der Waals surface area contributed by atoms with Gasteiger partial charge in [-0.15, -0.1) is 0 Å². The average Bonchev–Trinajstić information content (AvgIpc) is 2.37. The topological polar surface area (TPSA) is 63.4 Å². The zero-order chi connectivity index (χ0) is 15.6. The van der Waals surface area contributed by atoms with Gasteiger partial charge < -0.3 is 5.73 Å². The monoisotopic (exact) mass is 326 g/mol. The number of sulfonamides is 1. The van der Waals surface area contributed by atoms with Gasteiger partial charge in [0.2, 0.25) is 10.0 Å². The molecule has 2 N–H and O–H groups in total. The number of hydrogen-bond acceptors (Lipinski definition) is 3. The smallest absolute Gasteiger partial charge is 0.218 e. The Balaban J connectivity index is 2.11. The van der Waals surface area contributed by atoms with E-state index in [4.69, 9.17) is 18.0 Å². The highest BCUT2D eigenvalue weighted by Gasteiger charge is 2.30. The van der Waals surface area contributed by atoms with E-state index in [1.54, 1.807) is 28.6 Å². The Bertz CT molecular complexity index is 601. The van der Waals surface area contributed by atoms with Gasteiger partial charge in [0.15, 0.2) is 0 Å². The summed E-state index contributed by atoms with van der Waals surface area (Å²) in [5, 5.41) is 0. The summed E-state index contributed by atoms with van der Waals surface area (Å²) in [5.41, 5.74) is 7.06. The molecule has 2 unspecified atom stereocenters. The lowest BCUT2D eigenvalue weighted by molar-refractivity contribution is 0.222. The van der Waals surface area contributed by atoms with Crippen molar-refractivity contribution in [2.75, 3.05) is 13.1 Å². The molecule has 0 amide bonds. The van der Waals surface area contributed by atoms with Gasteiger partial charge in [-0.05, 0) is 23.8 Å². The number of hydrogen-bond donors (Lipinski definition) is 1. The predicted molar refractivity (Wildman–Crippen MR) is 89.5 cm³/mol. The number of thiocarbonyl (C=S) groups is 1. The van der Waals surface area contributed by atoms with E-state index in [1.807, 2.05) is 0 Å². The molecule has 6 heteroatoms. The molecule has 1 heterocycles. The lowest BCUT2D eigenvalue weighted by Gasteiger charge is -2.34. The van der Waals surface area contributed by atoms with Gasteiger partial charge in [-0.1, -0.05) is 50.3 Å². The van der Waals surface area contributed by atoms with Crippen LogP contribution >= 0.6 is 12.2 Å². The average molecular weight is 326 g/mol. The van der Waals surface area contributed by atoms with Crippen LogP contribution in [0.3, 0.4) is 0 Å². The van der Waals surface area contributed by atoms with Crippen molar-refractivity contribution in [1.82, 2.24) is 4.31 Å². The van der Waals surface area contributed by atoms with Crippen LogP contribution < -0.4 is 5.73 Å². The minimum atomic E-state index is -3.27. The summed E-state index contributed by atoms with van der Waals surface area (Å²) in [6, 6.07) is 7.11. The zero-order valence-electron chi connectivity index (χ0n) is 12.5. The van der Waals surface area contributed by atoms with Crippen LogP contribution in [0.4, 0.5) is 0 Å². The molecule has 116 valence electrons. The number of rotatable bonds is 4. The molecule has 21 heavy (non-hydrogen) atoms. The van der Waals surface area contributed by atoms with Crippen molar-refractivity contribution in [3.05, 3.63) is 35.4 Å². The minimum absolute atomic E-state index is 0.0318. The van der Waals surface area contributed by atoms with E-state index in [0.29, 0.717) is 29.9 Å². The molecule has 2 atom stereocenters. The fourth-order valence-corrected chi connectivity index (χ4v) is 4.80. The van der Waals surface area contributed by atoms with E-state index in [-0.39, 0.29) is 5.75 Å². The third kappa shape index (κ3) is 4.25. The maximum absolute atomic E-state index is 12.5. The second kappa shape index (κ2) is 6.42. The predicted octanol–water partition coefficient (Wildman–Crippen LogP) is 2.13. The first-order valence-electron chi connectivity index (χ1n) is 7.14. The quantitative estimate of drug-likeness (QED) is 0.861. The molecule has 0 radical (unpaired) electrons. The summed E-state index contributed by atoms with van der Waals surface area (Å²) in [6.07, 6.45) is 1.09. The maximum Gasteiger partial charge on any atom is 0.218 e. The van der Waals surface area contributed by atoms with E-state index in [2.05, 4.69) is 13.8 Å². The van der Waals surface area contributed by atoms with Gasteiger partial charge in [0, 0.05) is 18.7 Å². The normalized spacial score (nSPS) is 23.9. The highest BCUT2D eigenvalue weighted by Crippen LogP contribution is 2.24. The highest BCUT2D eigenvalue weighted by atomic mass is 32.2. The number of nitrogens with zero attached hydrogens (tertiary/aromatic N) is 1. The number of benzene rings is 1. The Kier molecular flexibility index (Phi) is 5.01. The first kappa shape index (κ1) is 16.4. The zero-order valence-corrected chi connectivity index (χ0v) is 14.1. The van der Waals surface area contributed by atoms with Crippen molar-refractivity contribution in [2.24, 2.45) is 17.6 Å². The largest absolute Gasteiger partial charge is 0.389 e. The Hall–Kier alpha value is -0.980. The van der Waals surface area contributed by atoms with Crippen molar-refractivity contribution in [3.63, 3.8) is 0 Å². The minimum Gasteiger partial charge on any atom is -0.389 e. The third-order valence-corrected chi connectivity index (χ3v) is 5.84. The van der Waals surface area contributed by atoms with Gasteiger partial charge in [-0.3, -0.25) is 0 Å². The van der Waals surface area contributed by atoms with Gasteiger partial charge in [-0.25, -0.2) is 12.7 Å². The summed E-state index contributed by atoms with van der Waals surface area (Å²) in [4.78, 5) is 0.322. The molecule has 1 saturated heterocycles. The Labute approximate surface area is 132 Å². The van der Waals surface area contributed by atoms with Gasteiger partial charge in [0.1, 0.15) is 4.99 Å². The Morgan fingerprint density at radius 1 is 1.24 bits per heavy atom. The van der Waals surface area contributed by atoms with Crippen molar-refractivity contribution in [3.8, 4) is 0 Å². The molecule has 0 spiro atoms. The maximum atomic E-state index is 12.5. The first-order chi connectivity index (χ1) is 9.78. The molecule has 1 fully saturated rings. The summed E-state index contributed by atoms with van der Waals surface area (Å²) >= 11 is 4.89. The second-order valence-corrected chi connectivity index (χ2v) is 8.49. The van der Waals surface area contributed by atoms with E-state index >= 15 is 0 Å². The highest BCUT2D eigenvalue weighted by molar-refractivity contribution is 7.88. The molecule has 0 bridgehead atoms. The molecular weight excluding hydrogens is 304 g/mol. The van der Waals surface area contributed by atoms with E-state index in [0.717, 1.165) is 17.5 Å². The second-order valence-electron chi connectivity index (χ2n) is 6.08. The lowest BCUT2D eigenvalue weighted by atomic mass is 9.94. The standard InChI is InChI=1S/C15H22N2O2S2/c1-11-7-12(2)9-17(8-11)21(18,19)10-13-3-5-14(6-4-13)15(16)20/h3-6,11-12H,7-10H2,1-2H3,(H2,16,20). The van der Waals surface area contributed by atoms with Crippen LogP contribution in [0.15, 0.2) is 24.3 Å². The molecular formula is C15H22N2O2S2. The van der Waals surface area contributed by atoms with Crippen LogP contribution in [-0.2, 0) is 15.8 Å². The summed E-state index contributed by atoms with van der Waals surface area (Å²) in [5.74, 6) is 0.866. The molecule has 2 rings (SSSR count). The van der Waals surface area contributed by atoms with Crippen molar-refractivity contribution in [1.29, 1.82) is 0 Å².